The maximum atomic E-state index is 11.7. The molecular formula is C9H19NO2S. The van der Waals surface area contributed by atoms with Crippen molar-refractivity contribution >= 4 is 9.84 Å². The first-order valence-corrected chi connectivity index (χ1v) is 6.37. The zero-order chi connectivity index (χ0) is 10.5. The van der Waals surface area contributed by atoms with Crippen molar-refractivity contribution in [2.24, 2.45) is 5.41 Å². The third-order valence-corrected chi connectivity index (χ3v) is 5.42. The first-order valence-electron chi connectivity index (χ1n) is 4.48. The van der Waals surface area contributed by atoms with E-state index in [1.165, 1.54) is 6.26 Å². The molecule has 1 aliphatic heterocycles. The third-order valence-electron chi connectivity index (χ3n) is 3.13. The van der Waals surface area contributed by atoms with Crippen LogP contribution in [0.15, 0.2) is 0 Å². The van der Waals surface area contributed by atoms with Crippen LogP contribution in [0.4, 0.5) is 0 Å². The highest BCUT2D eigenvalue weighted by Crippen LogP contribution is 2.43. The van der Waals surface area contributed by atoms with Gasteiger partial charge < -0.3 is 4.90 Å². The Bertz CT molecular complexity index is 294. The van der Waals surface area contributed by atoms with Gasteiger partial charge in [-0.1, -0.05) is 20.8 Å². The normalized spacial score (nSPS) is 24.1. The van der Waals surface area contributed by atoms with Crippen molar-refractivity contribution in [1.82, 2.24) is 4.90 Å². The summed E-state index contributed by atoms with van der Waals surface area (Å²) in [6.07, 6.45) is 1.35. The smallest absolute Gasteiger partial charge is 0.156 e. The van der Waals surface area contributed by atoms with E-state index in [1.54, 1.807) is 0 Å². The highest BCUT2D eigenvalue weighted by atomic mass is 32.2. The quantitative estimate of drug-likeness (QED) is 0.634. The van der Waals surface area contributed by atoms with Crippen LogP contribution in [0.1, 0.15) is 20.8 Å². The second-order valence-corrected chi connectivity index (χ2v) is 7.51. The minimum Gasteiger partial charge on any atom is -0.303 e. The molecule has 0 aromatic carbocycles. The Morgan fingerprint density at radius 3 is 1.69 bits per heavy atom. The molecule has 0 bridgehead atoms. The van der Waals surface area contributed by atoms with Crippen molar-refractivity contribution in [2.75, 3.05) is 26.4 Å². The molecule has 0 radical (unpaired) electrons. The largest absolute Gasteiger partial charge is 0.303 e. The molecule has 78 valence electrons. The second-order valence-electron chi connectivity index (χ2n) is 5.19. The lowest BCUT2D eigenvalue weighted by atomic mass is 9.75. The highest BCUT2D eigenvalue weighted by Gasteiger charge is 2.57. The molecule has 13 heavy (non-hydrogen) atoms. The van der Waals surface area contributed by atoms with E-state index in [-0.39, 0.29) is 5.41 Å². The van der Waals surface area contributed by atoms with E-state index in [0.717, 1.165) is 0 Å². The van der Waals surface area contributed by atoms with Crippen LogP contribution in [0.25, 0.3) is 0 Å². The summed E-state index contributed by atoms with van der Waals surface area (Å²) in [5.41, 5.74) is -0.174. The number of hydrogen-bond donors (Lipinski definition) is 0. The summed E-state index contributed by atoms with van der Waals surface area (Å²) in [6.45, 7) is 7.33. The topological polar surface area (TPSA) is 37.4 Å². The molecule has 1 saturated heterocycles. The van der Waals surface area contributed by atoms with Crippen molar-refractivity contribution < 1.29 is 8.42 Å². The van der Waals surface area contributed by atoms with E-state index in [4.69, 9.17) is 0 Å². The predicted octanol–water partition coefficient (Wildman–Crippen LogP) is 0.761. The van der Waals surface area contributed by atoms with Gasteiger partial charge in [0.15, 0.2) is 9.84 Å². The summed E-state index contributed by atoms with van der Waals surface area (Å²) in [5, 5.41) is 0. The highest BCUT2D eigenvalue weighted by molar-refractivity contribution is 7.92. The van der Waals surface area contributed by atoms with Gasteiger partial charge in [-0.15, -0.1) is 0 Å². The second kappa shape index (κ2) is 2.70. The van der Waals surface area contributed by atoms with Crippen LogP contribution in [0.5, 0.6) is 0 Å². The molecule has 0 unspecified atom stereocenters. The van der Waals surface area contributed by atoms with Gasteiger partial charge in [0, 0.05) is 19.3 Å². The summed E-state index contributed by atoms with van der Waals surface area (Å²) in [6, 6.07) is 0. The van der Waals surface area contributed by atoms with Gasteiger partial charge in [-0.3, -0.25) is 0 Å². The molecule has 1 fully saturated rings. The molecule has 1 aliphatic rings. The molecule has 0 aliphatic carbocycles. The Morgan fingerprint density at radius 1 is 1.23 bits per heavy atom. The molecule has 1 heterocycles. The Kier molecular flexibility index (Phi) is 2.28. The number of sulfone groups is 1. The lowest BCUT2D eigenvalue weighted by Crippen LogP contribution is -2.70. The zero-order valence-electron chi connectivity index (χ0n) is 9.09. The van der Waals surface area contributed by atoms with E-state index < -0.39 is 14.6 Å². The van der Waals surface area contributed by atoms with Crippen LogP contribution >= 0.6 is 0 Å². The molecule has 0 saturated carbocycles. The van der Waals surface area contributed by atoms with Crippen molar-refractivity contribution in [3.63, 3.8) is 0 Å². The van der Waals surface area contributed by atoms with Crippen molar-refractivity contribution in [3.8, 4) is 0 Å². The average molecular weight is 205 g/mol. The summed E-state index contributed by atoms with van der Waals surface area (Å²) >= 11 is 0. The van der Waals surface area contributed by atoms with Crippen LogP contribution in [0, 0.1) is 5.41 Å². The maximum Gasteiger partial charge on any atom is 0.156 e. The van der Waals surface area contributed by atoms with Crippen molar-refractivity contribution in [2.45, 2.75) is 25.5 Å². The molecule has 0 aromatic heterocycles. The lowest BCUT2D eigenvalue weighted by molar-refractivity contribution is 0.0705. The van der Waals surface area contributed by atoms with Crippen molar-refractivity contribution in [3.05, 3.63) is 0 Å². The molecule has 0 aromatic rings. The monoisotopic (exact) mass is 205 g/mol. The predicted molar refractivity (Wildman–Crippen MR) is 54.5 cm³/mol. The first-order chi connectivity index (χ1) is 5.60. The SMILES string of the molecule is CN1CC(C(C)(C)C)(S(C)(=O)=O)C1. The molecule has 0 amide bonds. The molecule has 3 nitrogen and oxygen atoms in total. The molecule has 1 rings (SSSR count). The van der Waals surface area contributed by atoms with Gasteiger partial charge in [0.05, 0.1) is 0 Å². The van der Waals surface area contributed by atoms with Gasteiger partial charge in [-0.2, -0.15) is 0 Å². The van der Waals surface area contributed by atoms with Crippen LogP contribution in [-0.4, -0.2) is 44.5 Å². The standard InChI is InChI=1S/C9H19NO2S/c1-8(2,3)9(13(5,11)12)6-10(4)7-9/h6-7H2,1-5H3. The molecule has 0 atom stereocenters. The van der Waals surface area contributed by atoms with Gasteiger partial charge >= 0.3 is 0 Å². The van der Waals surface area contributed by atoms with E-state index in [1.807, 2.05) is 32.7 Å². The number of likely N-dealkylation sites (tertiary alicyclic amines) is 1. The lowest BCUT2D eigenvalue weighted by Gasteiger charge is -2.54. The molecule has 0 spiro atoms. The first kappa shape index (κ1) is 11.0. The van der Waals surface area contributed by atoms with Gasteiger partial charge in [0.2, 0.25) is 0 Å². The molecule has 0 N–H and O–H groups in total. The van der Waals surface area contributed by atoms with Crippen molar-refractivity contribution in [1.29, 1.82) is 0 Å². The van der Waals surface area contributed by atoms with Crippen LogP contribution in [-0.2, 0) is 9.84 Å². The Labute approximate surface area is 81.0 Å². The Hall–Kier alpha value is -0.0900. The number of rotatable bonds is 1. The number of hydrogen-bond acceptors (Lipinski definition) is 3. The zero-order valence-corrected chi connectivity index (χ0v) is 9.90. The van der Waals surface area contributed by atoms with Crippen LogP contribution in [0.3, 0.4) is 0 Å². The average Bonchev–Trinajstić information content (AvgIpc) is 1.74. The summed E-state index contributed by atoms with van der Waals surface area (Å²) < 4.78 is 22.9. The van der Waals surface area contributed by atoms with Gasteiger partial charge in [0.1, 0.15) is 4.75 Å². The minimum atomic E-state index is -2.96. The third kappa shape index (κ3) is 1.50. The number of nitrogens with zero attached hydrogens (tertiary/aromatic N) is 1. The summed E-state index contributed by atoms with van der Waals surface area (Å²) in [7, 11) is -1.01. The van der Waals surface area contributed by atoms with Gasteiger partial charge in [-0.25, -0.2) is 8.42 Å². The fourth-order valence-corrected chi connectivity index (χ4v) is 4.11. The Morgan fingerprint density at radius 2 is 1.62 bits per heavy atom. The van der Waals surface area contributed by atoms with E-state index in [0.29, 0.717) is 13.1 Å². The summed E-state index contributed by atoms with van der Waals surface area (Å²) in [4.78, 5) is 2.05. The fourth-order valence-electron chi connectivity index (χ4n) is 2.09. The van der Waals surface area contributed by atoms with Crippen LogP contribution < -0.4 is 0 Å². The van der Waals surface area contributed by atoms with Crippen LogP contribution in [0.2, 0.25) is 0 Å². The Balaban J connectivity index is 3.07. The van der Waals surface area contributed by atoms with Gasteiger partial charge in [-0.05, 0) is 12.5 Å². The van der Waals surface area contributed by atoms with Gasteiger partial charge in [0.25, 0.3) is 0 Å². The van der Waals surface area contributed by atoms with E-state index in [9.17, 15) is 8.42 Å². The van der Waals surface area contributed by atoms with E-state index >= 15 is 0 Å². The minimum absolute atomic E-state index is 0.174. The van der Waals surface area contributed by atoms with E-state index in [2.05, 4.69) is 0 Å². The maximum absolute atomic E-state index is 11.7. The fraction of sp³-hybridized carbons (Fsp3) is 1.00. The summed E-state index contributed by atoms with van der Waals surface area (Å²) in [5.74, 6) is 0. The molecule has 4 heteroatoms. The molecular weight excluding hydrogens is 186 g/mol.